The van der Waals surface area contributed by atoms with Gasteiger partial charge in [0.25, 0.3) is 0 Å². The first-order chi connectivity index (χ1) is 38.1. The van der Waals surface area contributed by atoms with Gasteiger partial charge in [0.05, 0.1) is 40.3 Å². The molecule has 0 saturated heterocycles. The number of unbranched alkanes of at least 4 members (excludes halogenated alkanes) is 36. The lowest BCUT2D eigenvalue weighted by Gasteiger charge is -2.26. The zero-order valence-electron chi connectivity index (χ0n) is 51.8. The van der Waals surface area contributed by atoms with E-state index in [9.17, 15) is 19.5 Å². The van der Waals surface area contributed by atoms with Gasteiger partial charge in [-0.2, -0.15) is 0 Å². The monoisotopic (exact) mass is 1100 g/mol. The SMILES string of the molecule is CC/C=C\C/C=C\C/C=C\C/C=C\C/C=C\CCCCCCCCCCCCCCCC(=O)OC(COC(=O)CCCCCCCCCCCCCCCCCCCCCCCCCC)COC(OCC[N+](C)(C)C)C(=O)[O-]. The minimum absolute atomic E-state index is 0.148. The maximum Gasteiger partial charge on any atom is 0.306 e. The Balaban J connectivity index is 4.14. The van der Waals surface area contributed by atoms with Crippen LogP contribution in [0.15, 0.2) is 60.8 Å². The maximum atomic E-state index is 12.9. The first kappa shape index (κ1) is 75.0. The molecule has 0 rings (SSSR count). The van der Waals surface area contributed by atoms with E-state index in [1.54, 1.807) is 0 Å². The van der Waals surface area contributed by atoms with E-state index in [1.165, 1.54) is 199 Å². The van der Waals surface area contributed by atoms with Crippen molar-refractivity contribution >= 4 is 17.9 Å². The van der Waals surface area contributed by atoms with Crippen molar-refractivity contribution in [1.82, 2.24) is 0 Å². The summed E-state index contributed by atoms with van der Waals surface area (Å²) in [6.45, 7) is 4.68. The fraction of sp³-hybridized carbons (Fsp3) is 0.812. The number of rotatable bonds is 61. The lowest BCUT2D eigenvalue weighted by molar-refractivity contribution is -0.870. The van der Waals surface area contributed by atoms with Crippen molar-refractivity contribution in [2.24, 2.45) is 0 Å². The van der Waals surface area contributed by atoms with Gasteiger partial charge in [0.1, 0.15) is 13.2 Å². The number of ether oxygens (including phenoxy) is 4. The van der Waals surface area contributed by atoms with Crippen molar-refractivity contribution in [3.8, 4) is 0 Å². The zero-order chi connectivity index (χ0) is 56.9. The number of likely N-dealkylation sites (N-methyl/N-ethyl adjacent to an activating group) is 1. The lowest BCUT2D eigenvalue weighted by atomic mass is 10.0. The Morgan fingerprint density at radius 3 is 1.09 bits per heavy atom. The van der Waals surface area contributed by atoms with Gasteiger partial charge in [-0.25, -0.2) is 0 Å². The molecule has 0 radical (unpaired) electrons. The molecule has 9 nitrogen and oxygen atoms in total. The molecule has 0 bridgehead atoms. The van der Waals surface area contributed by atoms with E-state index < -0.39 is 24.3 Å². The molecule has 0 aromatic carbocycles. The van der Waals surface area contributed by atoms with Crippen LogP contribution < -0.4 is 5.11 Å². The van der Waals surface area contributed by atoms with Gasteiger partial charge in [-0.05, 0) is 57.8 Å². The van der Waals surface area contributed by atoms with Crippen LogP contribution in [0.4, 0.5) is 0 Å². The molecule has 454 valence electrons. The second kappa shape index (κ2) is 60.1. The lowest BCUT2D eigenvalue weighted by Crippen LogP contribution is -2.44. The number of carbonyl (C=O) groups is 3. The van der Waals surface area contributed by atoms with Crippen LogP contribution in [0, 0.1) is 0 Å². The van der Waals surface area contributed by atoms with Crippen molar-refractivity contribution in [3.63, 3.8) is 0 Å². The molecule has 2 atom stereocenters. The van der Waals surface area contributed by atoms with Gasteiger partial charge >= 0.3 is 11.9 Å². The highest BCUT2D eigenvalue weighted by Gasteiger charge is 2.22. The van der Waals surface area contributed by atoms with Crippen molar-refractivity contribution < 1.29 is 42.9 Å². The first-order valence-electron chi connectivity index (χ1n) is 32.9. The molecule has 0 aliphatic heterocycles. The van der Waals surface area contributed by atoms with E-state index in [0.29, 0.717) is 23.9 Å². The van der Waals surface area contributed by atoms with Crippen molar-refractivity contribution in [1.29, 1.82) is 0 Å². The van der Waals surface area contributed by atoms with Crippen LogP contribution in [-0.4, -0.2) is 82.3 Å². The molecule has 0 aromatic rings. The summed E-state index contributed by atoms with van der Waals surface area (Å²) in [7, 11) is 5.93. The van der Waals surface area contributed by atoms with E-state index in [2.05, 4.69) is 74.6 Å². The third kappa shape index (κ3) is 60.6. The molecule has 0 amide bonds. The van der Waals surface area contributed by atoms with Crippen molar-refractivity contribution in [2.75, 3.05) is 47.5 Å². The number of carbonyl (C=O) groups excluding carboxylic acids is 3. The Hall–Kier alpha value is -3.01. The largest absolute Gasteiger partial charge is 0.545 e. The summed E-state index contributed by atoms with van der Waals surface area (Å²) in [6, 6.07) is 0. The summed E-state index contributed by atoms with van der Waals surface area (Å²) in [5.41, 5.74) is 0. The Bertz CT molecular complexity index is 1460. The molecule has 0 saturated carbocycles. The standard InChI is InChI=1S/C69H125NO8/c1-6-8-10-12-14-16-18-20-22-24-26-28-30-32-33-34-35-36-38-40-42-44-46-48-50-52-54-56-58-60-67(72)78-65(64-77-69(68(73)74)75-62-61-70(3,4)5)63-76-66(71)59-57-55-53-51-49-47-45-43-41-39-37-31-29-27-25-23-21-19-17-15-13-11-9-7-2/h8,10,14,16,20,22,26,28,32-33,65,69H,6-7,9,11-13,15,17-19,21,23-25,27,29-31,34-64H2,1-5H3/b10-8-,16-14-,22-20-,28-26-,33-32-. The number of hydrogen-bond acceptors (Lipinski definition) is 8. The van der Waals surface area contributed by atoms with Crippen LogP contribution in [0.2, 0.25) is 0 Å². The van der Waals surface area contributed by atoms with Crippen LogP contribution in [0.25, 0.3) is 0 Å². The number of nitrogens with zero attached hydrogens (tertiary/aromatic N) is 1. The summed E-state index contributed by atoms with van der Waals surface area (Å²) in [5, 5.41) is 11.8. The highest BCUT2D eigenvalue weighted by Crippen LogP contribution is 2.18. The summed E-state index contributed by atoms with van der Waals surface area (Å²) in [6.07, 6.45) is 74.3. The predicted octanol–water partition coefficient (Wildman–Crippen LogP) is 18.6. The number of aliphatic carboxylic acids is 1. The van der Waals surface area contributed by atoms with Crippen LogP contribution in [0.3, 0.4) is 0 Å². The Labute approximate surface area is 482 Å². The highest BCUT2D eigenvalue weighted by atomic mass is 16.7. The number of esters is 2. The van der Waals surface area contributed by atoms with E-state index in [0.717, 1.165) is 70.6 Å². The normalized spacial score (nSPS) is 13.1. The molecule has 0 heterocycles. The molecule has 0 N–H and O–H groups in total. The average molecular weight is 1100 g/mol. The van der Waals surface area contributed by atoms with E-state index in [4.69, 9.17) is 18.9 Å². The smallest absolute Gasteiger partial charge is 0.306 e. The predicted molar refractivity (Wildman–Crippen MR) is 329 cm³/mol. The Kier molecular flexibility index (Phi) is 57.8. The van der Waals surface area contributed by atoms with Gasteiger partial charge in [-0.3, -0.25) is 9.59 Å². The number of quaternary nitrogens is 1. The summed E-state index contributed by atoms with van der Waals surface area (Å²) in [5.74, 6) is -2.27. The number of carboxylic acid groups (broad SMARTS) is 1. The van der Waals surface area contributed by atoms with Crippen molar-refractivity contribution in [3.05, 3.63) is 60.8 Å². The van der Waals surface area contributed by atoms with Gasteiger partial charge in [0, 0.05) is 12.8 Å². The molecule has 0 fully saturated rings. The fourth-order valence-electron chi connectivity index (χ4n) is 9.51. The third-order valence-electron chi connectivity index (χ3n) is 14.5. The van der Waals surface area contributed by atoms with Gasteiger partial charge in [0.15, 0.2) is 12.4 Å². The van der Waals surface area contributed by atoms with E-state index >= 15 is 0 Å². The highest BCUT2D eigenvalue weighted by molar-refractivity contribution is 5.70. The van der Waals surface area contributed by atoms with Gasteiger partial charge in [-0.1, -0.05) is 293 Å². The van der Waals surface area contributed by atoms with Crippen LogP contribution >= 0.6 is 0 Å². The number of hydrogen-bond donors (Lipinski definition) is 0. The molecular weight excluding hydrogens is 971 g/mol. The average Bonchev–Trinajstić information content (AvgIpc) is 3.41. The number of allylic oxidation sites excluding steroid dienone is 10. The Morgan fingerprint density at radius 1 is 0.397 bits per heavy atom. The van der Waals surface area contributed by atoms with Gasteiger partial charge in [-0.15, -0.1) is 0 Å². The number of carboxylic acids is 1. The molecule has 2 unspecified atom stereocenters. The molecule has 0 aromatic heterocycles. The third-order valence-corrected chi connectivity index (χ3v) is 14.5. The van der Waals surface area contributed by atoms with E-state index in [1.807, 2.05) is 21.1 Å². The zero-order valence-corrected chi connectivity index (χ0v) is 51.8. The molecule has 0 aliphatic rings. The minimum Gasteiger partial charge on any atom is -0.545 e. The minimum atomic E-state index is -1.62. The molecule has 78 heavy (non-hydrogen) atoms. The maximum absolute atomic E-state index is 12.9. The molecular formula is C69H125NO8. The molecule has 9 heteroatoms. The first-order valence-corrected chi connectivity index (χ1v) is 32.9. The second-order valence-electron chi connectivity index (χ2n) is 23.4. The quantitative estimate of drug-likeness (QED) is 0.0195. The van der Waals surface area contributed by atoms with Crippen LogP contribution in [-0.2, 0) is 33.3 Å². The topological polar surface area (TPSA) is 111 Å². The van der Waals surface area contributed by atoms with Crippen LogP contribution in [0.5, 0.6) is 0 Å². The molecule has 0 spiro atoms. The summed E-state index contributed by atoms with van der Waals surface area (Å²) < 4.78 is 22.8. The van der Waals surface area contributed by atoms with E-state index in [-0.39, 0.29) is 32.2 Å². The summed E-state index contributed by atoms with van der Waals surface area (Å²) >= 11 is 0. The van der Waals surface area contributed by atoms with Crippen LogP contribution in [0.1, 0.15) is 303 Å². The summed E-state index contributed by atoms with van der Waals surface area (Å²) in [4.78, 5) is 37.4. The fourth-order valence-corrected chi connectivity index (χ4v) is 9.51. The Morgan fingerprint density at radius 2 is 0.731 bits per heavy atom. The van der Waals surface area contributed by atoms with Crippen molar-refractivity contribution in [2.45, 2.75) is 315 Å². The second-order valence-corrected chi connectivity index (χ2v) is 23.4. The molecule has 0 aliphatic carbocycles. The van der Waals surface area contributed by atoms with Gasteiger partial charge < -0.3 is 33.3 Å². The van der Waals surface area contributed by atoms with Gasteiger partial charge in [0.2, 0.25) is 0 Å².